The molecule has 16 heavy (non-hydrogen) atoms. The lowest BCUT2D eigenvalue weighted by Gasteiger charge is -2.26. The largest absolute Gasteiger partial charge is 0.347 e. The van der Waals surface area contributed by atoms with E-state index in [2.05, 4.69) is 11.9 Å². The van der Waals surface area contributed by atoms with Crippen molar-refractivity contribution >= 4 is 5.82 Å². The SMILES string of the molecule is CC1CCN(c2nccn(C)c2=O)C1CN. The van der Waals surface area contributed by atoms with Crippen molar-refractivity contribution in [2.45, 2.75) is 19.4 Å². The van der Waals surface area contributed by atoms with Crippen molar-refractivity contribution in [3.8, 4) is 0 Å². The van der Waals surface area contributed by atoms with E-state index in [1.54, 1.807) is 24.0 Å². The molecule has 0 aliphatic carbocycles. The van der Waals surface area contributed by atoms with Gasteiger partial charge in [-0.25, -0.2) is 4.98 Å². The van der Waals surface area contributed by atoms with Crippen molar-refractivity contribution in [2.24, 2.45) is 18.7 Å². The van der Waals surface area contributed by atoms with Gasteiger partial charge in [0, 0.05) is 38.6 Å². The Bertz CT molecular complexity index is 428. The Morgan fingerprint density at radius 1 is 1.62 bits per heavy atom. The second kappa shape index (κ2) is 4.25. The maximum Gasteiger partial charge on any atom is 0.293 e. The minimum atomic E-state index is -0.0462. The number of rotatable bonds is 2. The average molecular weight is 222 g/mol. The van der Waals surface area contributed by atoms with Gasteiger partial charge in [0.15, 0.2) is 5.82 Å². The Balaban J connectivity index is 2.38. The van der Waals surface area contributed by atoms with E-state index in [1.807, 2.05) is 4.90 Å². The van der Waals surface area contributed by atoms with E-state index in [-0.39, 0.29) is 11.6 Å². The predicted octanol–water partition coefficient (Wildman–Crippen LogP) is -0.0462. The van der Waals surface area contributed by atoms with Crippen molar-refractivity contribution in [2.75, 3.05) is 18.0 Å². The van der Waals surface area contributed by atoms with Crippen molar-refractivity contribution < 1.29 is 0 Å². The van der Waals surface area contributed by atoms with Crippen molar-refractivity contribution in [1.29, 1.82) is 0 Å². The zero-order valence-electron chi connectivity index (χ0n) is 9.76. The van der Waals surface area contributed by atoms with Crippen LogP contribution in [0.3, 0.4) is 0 Å². The second-order valence-corrected chi connectivity index (χ2v) is 4.43. The molecule has 1 aromatic rings. The van der Waals surface area contributed by atoms with Gasteiger partial charge < -0.3 is 15.2 Å². The molecule has 1 aromatic heterocycles. The second-order valence-electron chi connectivity index (χ2n) is 4.43. The van der Waals surface area contributed by atoms with E-state index < -0.39 is 0 Å². The fourth-order valence-corrected chi connectivity index (χ4v) is 2.31. The fourth-order valence-electron chi connectivity index (χ4n) is 2.31. The van der Waals surface area contributed by atoms with Gasteiger partial charge in [0.05, 0.1) is 0 Å². The zero-order chi connectivity index (χ0) is 11.7. The quantitative estimate of drug-likeness (QED) is 0.762. The Morgan fingerprint density at radius 2 is 2.38 bits per heavy atom. The highest BCUT2D eigenvalue weighted by Gasteiger charge is 2.32. The summed E-state index contributed by atoms with van der Waals surface area (Å²) >= 11 is 0. The summed E-state index contributed by atoms with van der Waals surface area (Å²) in [7, 11) is 1.74. The molecule has 1 aliphatic heterocycles. The highest BCUT2D eigenvalue weighted by Crippen LogP contribution is 2.25. The molecule has 88 valence electrons. The summed E-state index contributed by atoms with van der Waals surface area (Å²) in [6.07, 6.45) is 4.40. The molecule has 1 aliphatic rings. The van der Waals surface area contributed by atoms with Gasteiger partial charge >= 0.3 is 0 Å². The molecule has 2 unspecified atom stereocenters. The minimum absolute atomic E-state index is 0.0462. The number of aryl methyl sites for hydroxylation is 1. The monoisotopic (exact) mass is 222 g/mol. The van der Waals surface area contributed by atoms with Crippen molar-refractivity contribution in [1.82, 2.24) is 9.55 Å². The Hall–Kier alpha value is -1.36. The molecule has 0 bridgehead atoms. The third kappa shape index (κ3) is 1.71. The molecule has 0 spiro atoms. The van der Waals surface area contributed by atoms with E-state index in [9.17, 15) is 4.79 Å². The van der Waals surface area contributed by atoms with Gasteiger partial charge in [-0.3, -0.25) is 4.79 Å². The van der Waals surface area contributed by atoms with Crippen LogP contribution in [0.15, 0.2) is 17.2 Å². The van der Waals surface area contributed by atoms with E-state index in [1.165, 1.54) is 0 Å². The smallest absolute Gasteiger partial charge is 0.293 e. The molecule has 0 radical (unpaired) electrons. The molecule has 5 heteroatoms. The maximum absolute atomic E-state index is 11.9. The lowest BCUT2D eigenvalue weighted by atomic mass is 10.0. The van der Waals surface area contributed by atoms with Gasteiger partial charge in [0.1, 0.15) is 0 Å². The van der Waals surface area contributed by atoms with E-state index in [0.717, 1.165) is 13.0 Å². The minimum Gasteiger partial charge on any atom is -0.347 e. The third-order valence-electron chi connectivity index (χ3n) is 3.39. The van der Waals surface area contributed by atoms with Gasteiger partial charge in [0.2, 0.25) is 0 Å². The molecule has 5 nitrogen and oxygen atoms in total. The average Bonchev–Trinajstić information content (AvgIpc) is 2.63. The van der Waals surface area contributed by atoms with E-state index >= 15 is 0 Å². The summed E-state index contributed by atoms with van der Waals surface area (Å²) in [5, 5.41) is 0. The fraction of sp³-hybridized carbons (Fsp3) is 0.636. The first kappa shape index (κ1) is 11.1. The Kier molecular flexibility index (Phi) is 2.96. The number of aromatic nitrogens is 2. The summed E-state index contributed by atoms with van der Waals surface area (Å²) in [5.74, 6) is 1.06. The van der Waals surface area contributed by atoms with Gasteiger partial charge in [-0.1, -0.05) is 6.92 Å². The Labute approximate surface area is 94.9 Å². The maximum atomic E-state index is 11.9. The van der Waals surface area contributed by atoms with Gasteiger partial charge in [-0.15, -0.1) is 0 Å². The summed E-state index contributed by atoms with van der Waals surface area (Å²) in [5.41, 5.74) is 5.72. The summed E-state index contributed by atoms with van der Waals surface area (Å²) < 4.78 is 1.55. The normalized spacial score (nSPS) is 25.1. The van der Waals surface area contributed by atoms with Gasteiger partial charge in [-0.2, -0.15) is 0 Å². The number of anilines is 1. The number of hydrogen-bond acceptors (Lipinski definition) is 4. The predicted molar refractivity (Wildman–Crippen MR) is 63.4 cm³/mol. The molecular weight excluding hydrogens is 204 g/mol. The van der Waals surface area contributed by atoms with Crippen LogP contribution in [0, 0.1) is 5.92 Å². The molecule has 0 amide bonds. The Morgan fingerprint density at radius 3 is 3.06 bits per heavy atom. The molecule has 2 heterocycles. The van der Waals surface area contributed by atoms with E-state index in [0.29, 0.717) is 18.3 Å². The number of nitrogens with two attached hydrogens (primary N) is 1. The first-order chi connectivity index (χ1) is 7.65. The van der Waals surface area contributed by atoms with Crippen molar-refractivity contribution in [3.63, 3.8) is 0 Å². The first-order valence-electron chi connectivity index (χ1n) is 5.63. The lowest BCUT2D eigenvalue weighted by molar-refractivity contribution is 0.516. The molecule has 2 N–H and O–H groups in total. The van der Waals surface area contributed by atoms with Crippen LogP contribution in [0.5, 0.6) is 0 Å². The highest BCUT2D eigenvalue weighted by molar-refractivity contribution is 5.39. The zero-order valence-corrected chi connectivity index (χ0v) is 9.76. The summed E-state index contributed by atoms with van der Waals surface area (Å²) in [4.78, 5) is 18.2. The standard InChI is InChI=1S/C11H18N4O/c1-8-3-5-15(9(8)7-12)10-11(16)14(2)6-4-13-10/h4,6,8-9H,3,5,7,12H2,1-2H3. The topological polar surface area (TPSA) is 64.2 Å². The van der Waals surface area contributed by atoms with Crippen LogP contribution in [0.2, 0.25) is 0 Å². The van der Waals surface area contributed by atoms with Gasteiger partial charge in [-0.05, 0) is 12.3 Å². The van der Waals surface area contributed by atoms with Crippen LogP contribution in [0.25, 0.3) is 0 Å². The summed E-state index contributed by atoms with van der Waals surface area (Å²) in [6, 6.07) is 0.239. The van der Waals surface area contributed by atoms with Gasteiger partial charge in [0.25, 0.3) is 5.56 Å². The molecule has 0 aromatic carbocycles. The van der Waals surface area contributed by atoms with Crippen molar-refractivity contribution in [3.05, 3.63) is 22.7 Å². The van der Waals surface area contributed by atoms with Crippen LogP contribution in [0.4, 0.5) is 5.82 Å². The third-order valence-corrected chi connectivity index (χ3v) is 3.39. The first-order valence-corrected chi connectivity index (χ1v) is 5.63. The molecule has 1 fully saturated rings. The van der Waals surface area contributed by atoms with Crippen LogP contribution in [-0.4, -0.2) is 28.7 Å². The van der Waals surface area contributed by atoms with Crippen LogP contribution < -0.4 is 16.2 Å². The van der Waals surface area contributed by atoms with Crippen LogP contribution in [0.1, 0.15) is 13.3 Å². The molecule has 2 atom stereocenters. The summed E-state index contributed by atoms with van der Waals surface area (Å²) in [6.45, 7) is 3.61. The number of nitrogens with zero attached hydrogens (tertiary/aromatic N) is 3. The molecule has 1 saturated heterocycles. The number of hydrogen-bond donors (Lipinski definition) is 1. The van der Waals surface area contributed by atoms with Crippen LogP contribution >= 0.6 is 0 Å². The van der Waals surface area contributed by atoms with E-state index in [4.69, 9.17) is 5.73 Å². The highest BCUT2D eigenvalue weighted by atomic mass is 16.1. The van der Waals surface area contributed by atoms with Crippen LogP contribution in [-0.2, 0) is 7.05 Å². The molecule has 0 saturated carbocycles. The molecule has 2 rings (SSSR count). The lowest BCUT2D eigenvalue weighted by Crippen LogP contribution is -2.42. The molecular formula is C11H18N4O.